The zero-order valence-corrected chi connectivity index (χ0v) is 6.37. The van der Waals surface area contributed by atoms with Crippen LogP contribution in [0.4, 0.5) is 0 Å². The van der Waals surface area contributed by atoms with E-state index in [0.29, 0.717) is 0 Å². The Bertz CT molecular complexity index is 259. The third-order valence-electron chi connectivity index (χ3n) is 1.71. The second-order valence-corrected chi connectivity index (χ2v) is 2.88. The number of nitrogens with zero attached hydrogens (tertiary/aromatic N) is 1. The average Bonchev–Trinajstić information content (AvgIpc) is 2.27. The van der Waals surface area contributed by atoms with Gasteiger partial charge >= 0.3 is 0 Å². The van der Waals surface area contributed by atoms with E-state index >= 15 is 0 Å². The van der Waals surface area contributed by atoms with Crippen molar-refractivity contribution in [2.45, 2.75) is 13.1 Å². The summed E-state index contributed by atoms with van der Waals surface area (Å²) < 4.78 is 2.93. The van der Waals surface area contributed by atoms with Crippen molar-refractivity contribution in [2.24, 2.45) is 0 Å². The van der Waals surface area contributed by atoms with E-state index in [2.05, 4.69) is 15.1 Å². The standard InChI is InChI=1S/C6H9N3S/c10-6-3-5-4-7-1-2-9(5)8-6/h3,7H,1-2,4H2,(H,8,10). The van der Waals surface area contributed by atoms with Crippen molar-refractivity contribution in [3.63, 3.8) is 0 Å². The first-order valence-electron chi connectivity index (χ1n) is 3.36. The molecule has 2 N–H and O–H groups in total. The van der Waals surface area contributed by atoms with E-state index in [0.717, 1.165) is 24.3 Å². The maximum atomic E-state index is 4.98. The van der Waals surface area contributed by atoms with Crippen molar-refractivity contribution in [1.82, 2.24) is 15.1 Å². The number of aromatic amines is 1. The molecular weight excluding hydrogens is 146 g/mol. The number of hydrogen-bond acceptors (Lipinski definition) is 2. The minimum atomic E-state index is 0.832. The van der Waals surface area contributed by atoms with E-state index < -0.39 is 0 Å². The van der Waals surface area contributed by atoms with Crippen LogP contribution in [-0.2, 0) is 13.1 Å². The smallest absolute Gasteiger partial charge is 0.119 e. The average molecular weight is 155 g/mol. The van der Waals surface area contributed by atoms with Gasteiger partial charge in [0, 0.05) is 13.1 Å². The van der Waals surface area contributed by atoms with E-state index in [1.807, 2.05) is 6.07 Å². The van der Waals surface area contributed by atoms with Gasteiger partial charge in [0.2, 0.25) is 0 Å². The molecule has 0 saturated carbocycles. The summed E-state index contributed by atoms with van der Waals surface area (Å²) in [4.78, 5) is 0. The van der Waals surface area contributed by atoms with Gasteiger partial charge in [-0.15, -0.1) is 0 Å². The summed E-state index contributed by atoms with van der Waals surface area (Å²) in [6.45, 7) is 2.98. The van der Waals surface area contributed by atoms with Crippen LogP contribution in [0.1, 0.15) is 5.69 Å². The Hall–Kier alpha value is -0.610. The van der Waals surface area contributed by atoms with Crippen LogP contribution in [0.15, 0.2) is 6.07 Å². The van der Waals surface area contributed by atoms with Gasteiger partial charge < -0.3 is 5.32 Å². The molecule has 0 radical (unpaired) electrons. The summed E-state index contributed by atoms with van der Waals surface area (Å²) in [5.41, 5.74) is 1.26. The van der Waals surface area contributed by atoms with Crippen LogP contribution < -0.4 is 5.32 Å². The van der Waals surface area contributed by atoms with E-state index in [4.69, 9.17) is 12.2 Å². The zero-order chi connectivity index (χ0) is 6.97. The number of hydrogen-bond donors (Lipinski definition) is 2. The molecule has 2 rings (SSSR count). The van der Waals surface area contributed by atoms with Crippen LogP contribution in [0.5, 0.6) is 0 Å². The first-order chi connectivity index (χ1) is 4.86. The molecule has 1 aromatic heterocycles. The Morgan fingerprint density at radius 3 is 3.30 bits per heavy atom. The van der Waals surface area contributed by atoms with E-state index in [1.165, 1.54) is 5.69 Å². The summed E-state index contributed by atoms with van der Waals surface area (Å²) in [5.74, 6) is 0. The van der Waals surface area contributed by atoms with Crippen molar-refractivity contribution >= 4 is 12.2 Å². The number of rotatable bonds is 0. The molecule has 4 heteroatoms. The lowest BCUT2D eigenvalue weighted by molar-refractivity contribution is 0.475. The van der Waals surface area contributed by atoms with Gasteiger partial charge in [0.15, 0.2) is 0 Å². The van der Waals surface area contributed by atoms with Gasteiger partial charge in [0.1, 0.15) is 4.64 Å². The molecule has 0 unspecified atom stereocenters. The predicted octanol–water partition coefficient (Wildman–Crippen LogP) is 0.649. The molecule has 1 aliphatic heterocycles. The van der Waals surface area contributed by atoms with Crippen LogP contribution in [-0.4, -0.2) is 16.3 Å². The highest BCUT2D eigenvalue weighted by molar-refractivity contribution is 7.71. The molecule has 1 aromatic rings. The number of aromatic nitrogens is 2. The molecule has 0 atom stereocenters. The first-order valence-corrected chi connectivity index (χ1v) is 3.76. The van der Waals surface area contributed by atoms with Crippen molar-refractivity contribution in [3.8, 4) is 0 Å². The lowest BCUT2D eigenvalue weighted by atomic mass is 10.3. The van der Waals surface area contributed by atoms with Crippen LogP contribution in [0.25, 0.3) is 0 Å². The highest BCUT2D eigenvalue weighted by atomic mass is 32.1. The summed E-state index contributed by atoms with van der Waals surface area (Å²) in [7, 11) is 0. The number of H-pyrrole nitrogens is 1. The topological polar surface area (TPSA) is 32.8 Å². The minimum Gasteiger partial charge on any atom is -0.309 e. The molecule has 10 heavy (non-hydrogen) atoms. The second-order valence-electron chi connectivity index (χ2n) is 2.44. The molecule has 0 saturated heterocycles. The monoisotopic (exact) mass is 155 g/mol. The number of fused-ring (bicyclic) bond motifs is 1. The molecule has 0 aliphatic carbocycles. The Morgan fingerprint density at radius 2 is 2.50 bits per heavy atom. The highest BCUT2D eigenvalue weighted by Gasteiger charge is 2.06. The Labute approximate surface area is 64.0 Å². The molecule has 54 valence electrons. The van der Waals surface area contributed by atoms with E-state index in [1.54, 1.807) is 0 Å². The first kappa shape index (κ1) is 6.12. The van der Waals surface area contributed by atoms with Crippen LogP contribution in [0.3, 0.4) is 0 Å². The van der Waals surface area contributed by atoms with Gasteiger partial charge in [0.05, 0.1) is 12.2 Å². The zero-order valence-electron chi connectivity index (χ0n) is 5.55. The van der Waals surface area contributed by atoms with Gasteiger partial charge in [0.25, 0.3) is 0 Å². The molecule has 0 aromatic carbocycles. The largest absolute Gasteiger partial charge is 0.309 e. The summed E-state index contributed by atoms with van der Waals surface area (Å²) in [6.07, 6.45) is 0. The van der Waals surface area contributed by atoms with Crippen molar-refractivity contribution < 1.29 is 0 Å². The third kappa shape index (κ3) is 0.892. The van der Waals surface area contributed by atoms with Gasteiger partial charge in [-0.1, -0.05) is 12.2 Å². The van der Waals surface area contributed by atoms with E-state index in [9.17, 15) is 0 Å². The Balaban J connectivity index is 2.50. The molecular formula is C6H9N3S. The van der Waals surface area contributed by atoms with Crippen molar-refractivity contribution in [1.29, 1.82) is 0 Å². The minimum absolute atomic E-state index is 0.832. The lowest BCUT2D eigenvalue weighted by Crippen LogP contribution is -2.28. The predicted molar refractivity (Wildman–Crippen MR) is 41.3 cm³/mol. The maximum absolute atomic E-state index is 4.98. The normalized spacial score (nSPS) is 16.8. The molecule has 0 fully saturated rings. The molecule has 1 aliphatic rings. The highest BCUT2D eigenvalue weighted by Crippen LogP contribution is 2.03. The summed E-state index contributed by atoms with van der Waals surface area (Å²) in [5, 5.41) is 6.36. The Morgan fingerprint density at radius 1 is 1.60 bits per heavy atom. The quantitative estimate of drug-likeness (QED) is 0.539. The SMILES string of the molecule is S=c1cc2n([nH]1)CCNC2. The molecule has 2 heterocycles. The van der Waals surface area contributed by atoms with Gasteiger partial charge in [-0.05, 0) is 6.07 Å². The Kier molecular flexibility index (Phi) is 1.35. The van der Waals surface area contributed by atoms with Crippen LogP contribution in [0.2, 0.25) is 0 Å². The lowest BCUT2D eigenvalue weighted by Gasteiger charge is -2.14. The van der Waals surface area contributed by atoms with Gasteiger partial charge in [-0.25, -0.2) is 0 Å². The third-order valence-corrected chi connectivity index (χ3v) is 1.92. The van der Waals surface area contributed by atoms with E-state index in [-0.39, 0.29) is 0 Å². The molecule has 0 bridgehead atoms. The van der Waals surface area contributed by atoms with Crippen LogP contribution in [0, 0.1) is 4.64 Å². The fraction of sp³-hybridized carbons (Fsp3) is 0.500. The fourth-order valence-corrected chi connectivity index (χ4v) is 1.47. The second kappa shape index (κ2) is 2.21. The van der Waals surface area contributed by atoms with Crippen LogP contribution >= 0.6 is 12.2 Å². The van der Waals surface area contributed by atoms with Gasteiger partial charge in [-0.2, -0.15) is 0 Å². The fourth-order valence-electron chi connectivity index (χ4n) is 1.22. The molecule has 0 amide bonds. The van der Waals surface area contributed by atoms with Crippen molar-refractivity contribution in [3.05, 3.63) is 16.4 Å². The molecule has 0 spiro atoms. The van der Waals surface area contributed by atoms with Crippen molar-refractivity contribution in [2.75, 3.05) is 6.54 Å². The summed E-state index contributed by atoms with van der Waals surface area (Å²) >= 11 is 4.98. The maximum Gasteiger partial charge on any atom is 0.119 e. The number of nitrogens with one attached hydrogen (secondary N) is 2. The molecule has 3 nitrogen and oxygen atoms in total. The summed E-state index contributed by atoms with van der Waals surface area (Å²) in [6, 6.07) is 2.00. The van der Waals surface area contributed by atoms with Gasteiger partial charge in [-0.3, -0.25) is 9.78 Å².